The maximum Gasteiger partial charge on any atom is 0.232 e. The summed E-state index contributed by atoms with van der Waals surface area (Å²) in [6, 6.07) is 36.2. The maximum absolute atomic E-state index is 14.7. The largest absolute Gasteiger partial charge is 0.319 e. The van der Waals surface area contributed by atoms with Gasteiger partial charge >= 0.3 is 0 Å². The molecule has 2 aromatic heterocycles. The van der Waals surface area contributed by atoms with Gasteiger partial charge < -0.3 is 4.57 Å². The molecule has 7 heteroatoms. The first-order chi connectivity index (χ1) is 21.6. The fourth-order valence-electron chi connectivity index (χ4n) is 6.60. The zero-order chi connectivity index (χ0) is 29.9. The molecule has 0 aliphatic heterocycles. The van der Waals surface area contributed by atoms with Crippen LogP contribution in [0.25, 0.3) is 10.2 Å². The third-order valence-corrected chi connectivity index (χ3v) is 9.83. The average molecular weight is 601 g/mol. The van der Waals surface area contributed by atoms with Crippen molar-refractivity contribution in [3.63, 3.8) is 0 Å². The number of hydrogen-bond acceptors (Lipinski definition) is 4. The second-order valence-electron chi connectivity index (χ2n) is 11.4. The van der Waals surface area contributed by atoms with Gasteiger partial charge in [0.2, 0.25) is 5.91 Å². The Morgan fingerprint density at radius 1 is 0.818 bits per heavy atom. The molecule has 2 heterocycles. The van der Waals surface area contributed by atoms with Gasteiger partial charge in [0.25, 0.3) is 0 Å². The van der Waals surface area contributed by atoms with Gasteiger partial charge in [-0.05, 0) is 41.7 Å². The van der Waals surface area contributed by atoms with E-state index in [0.717, 1.165) is 54.5 Å². The van der Waals surface area contributed by atoms with Crippen LogP contribution in [0.4, 0.5) is 9.52 Å². The molecule has 6 aromatic rings. The van der Waals surface area contributed by atoms with Gasteiger partial charge in [-0.2, -0.15) is 0 Å². The summed E-state index contributed by atoms with van der Waals surface area (Å²) in [5.74, 6) is -0.349. The van der Waals surface area contributed by atoms with Crippen LogP contribution in [0.2, 0.25) is 0 Å². The van der Waals surface area contributed by atoms with Crippen LogP contribution in [0.5, 0.6) is 0 Å². The summed E-state index contributed by atoms with van der Waals surface area (Å²) in [6.07, 6.45) is 8.87. The van der Waals surface area contributed by atoms with Crippen molar-refractivity contribution >= 4 is 32.6 Å². The molecule has 5 nitrogen and oxygen atoms in total. The molecule has 1 saturated carbocycles. The highest BCUT2D eigenvalue weighted by molar-refractivity contribution is 7.22. The van der Waals surface area contributed by atoms with Gasteiger partial charge in [0.15, 0.2) is 5.13 Å². The van der Waals surface area contributed by atoms with Crippen molar-refractivity contribution in [3.8, 4) is 0 Å². The van der Waals surface area contributed by atoms with E-state index in [9.17, 15) is 9.18 Å². The number of fused-ring (bicyclic) bond motifs is 1. The number of rotatable bonds is 8. The number of thiazole rings is 1. The minimum absolute atomic E-state index is 0.0409. The lowest BCUT2D eigenvalue weighted by molar-refractivity contribution is -0.123. The highest BCUT2D eigenvalue weighted by Gasteiger charge is 2.39. The van der Waals surface area contributed by atoms with Gasteiger partial charge in [-0.15, -0.1) is 0 Å². The van der Waals surface area contributed by atoms with Gasteiger partial charge in [0.05, 0.1) is 28.8 Å². The summed E-state index contributed by atoms with van der Waals surface area (Å²) in [4.78, 5) is 25.5. The molecule has 1 amide bonds. The molecule has 4 aromatic carbocycles. The van der Waals surface area contributed by atoms with Crippen molar-refractivity contribution in [1.82, 2.24) is 14.5 Å². The minimum atomic E-state index is -0.702. The smallest absolute Gasteiger partial charge is 0.232 e. The molecule has 1 fully saturated rings. The van der Waals surface area contributed by atoms with Gasteiger partial charge in [0.1, 0.15) is 11.4 Å². The van der Waals surface area contributed by atoms with Gasteiger partial charge in [0, 0.05) is 12.1 Å². The number of halogens is 1. The molecule has 44 heavy (non-hydrogen) atoms. The number of nitrogens with zero attached hydrogens (tertiary/aromatic N) is 4. The van der Waals surface area contributed by atoms with Crippen molar-refractivity contribution in [3.05, 3.63) is 150 Å². The first kappa shape index (κ1) is 28.2. The molecule has 1 aliphatic rings. The summed E-state index contributed by atoms with van der Waals surface area (Å²) >= 11 is 1.23. The molecule has 0 saturated heterocycles. The molecule has 1 aliphatic carbocycles. The molecule has 0 N–H and O–H groups in total. The fourth-order valence-corrected chi connectivity index (χ4v) is 7.58. The van der Waals surface area contributed by atoms with Crippen molar-refractivity contribution in [2.24, 2.45) is 5.92 Å². The topological polar surface area (TPSA) is 51.0 Å². The van der Waals surface area contributed by atoms with Crippen LogP contribution in [0.3, 0.4) is 0 Å². The van der Waals surface area contributed by atoms with Crippen molar-refractivity contribution in [2.75, 3.05) is 4.90 Å². The van der Waals surface area contributed by atoms with E-state index in [0.29, 0.717) is 15.3 Å². The lowest BCUT2D eigenvalue weighted by Crippen LogP contribution is -2.37. The summed E-state index contributed by atoms with van der Waals surface area (Å²) in [5, 5.41) is 0.510. The fraction of sp³-hybridized carbons (Fsp3) is 0.216. The monoisotopic (exact) mass is 600 g/mol. The highest BCUT2D eigenvalue weighted by Crippen LogP contribution is 2.41. The van der Waals surface area contributed by atoms with Crippen molar-refractivity contribution < 1.29 is 9.18 Å². The molecular weight excluding hydrogens is 567 g/mol. The maximum atomic E-state index is 14.7. The second kappa shape index (κ2) is 12.2. The Balaban J connectivity index is 1.35. The highest BCUT2D eigenvalue weighted by atomic mass is 32.1. The SMILES string of the molecule is O=C(C1CCCCC1)N(Cc1cn(C(c2ccccc2)(c2ccccc2)c2ccccc2)cn1)c1nc2cccc(F)c2s1. The van der Waals surface area contributed by atoms with Crippen LogP contribution in [0.15, 0.2) is 122 Å². The summed E-state index contributed by atoms with van der Waals surface area (Å²) in [7, 11) is 0. The third-order valence-electron chi connectivity index (χ3n) is 8.73. The van der Waals surface area contributed by atoms with Crippen LogP contribution in [-0.4, -0.2) is 20.4 Å². The Kier molecular flexibility index (Phi) is 7.79. The Labute approximate surface area is 260 Å². The number of aromatic nitrogens is 3. The summed E-state index contributed by atoms with van der Waals surface area (Å²) < 4.78 is 17.3. The van der Waals surface area contributed by atoms with Crippen LogP contribution in [0.1, 0.15) is 54.5 Å². The second-order valence-corrected chi connectivity index (χ2v) is 12.4. The van der Waals surface area contributed by atoms with Crippen LogP contribution in [0, 0.1) is 11.7 Å². The van der Waals surface area contributed by atoms with Crippen LogP contribution < -0.4 is 4.90 Å². The number of amides is 1. The van der Waals surface area contributed by atoms with Crippen LogP contribution in [-0.2, 0) is 16.9 Å². The molecule has 220 valence electrons. The zero-order valence-electron chi connectivity index (χ0n) is 24.4. The number of carbonyl (C=O) groups excluding carboxylic acids is 1. The lowest BCUT2D eigenvalue weighted by atomic mass is 9.77. The average Bonchev–Trinajstić information content (AvgIpc) is 3.74. The molecule has 0 unspecified atom stereocenters. The minimum Gasteiger partial charge on any atom is -0.319 e. The normalized spacial score (nSPS) is 14.1. The molecule has 0 bridgehead atoms. The lowest BCUT2D eigenvalue weighted by Gasteiger charge is -2.37. The number of hydrogen-bond donors (Lipinski definition) is 0. The van der Waals surface area contributed by atoms with Crippen molar-refractivity contribution in [2.45, 2.75) is 44.2 Å². The number of anilines is 1. The van der Waals surface area contributed by atoms with E-state index in [1.54, 1.807) is 17.0 Å². The van der Waals surface area contributed by atoms with E-state index < -0.39 is 5.54 Å². The predicted octanol–water partition coefficient (Wildman–Crippen LogP) is 8.59. The van der Waals surface area contributed by atoms with Gasteiger partial charge in [-0.25, -0.2) is 14.4 Å². The van der Waals surface area contributed by atoms with Gasteiger partial charge in [-0.3, -0.25) is 9.69 Å². The number of carbonyl (C=O) groups is 1. The Morgan fingerprint density at radius 2 is 1.41 bits per heavy atom. The third kappa shape index (κ3) is 5.11. The Bertz CT molecular complexity index is 1770. The Morgan fingerprint density at radius 3 is 1.98 bits per heavy atom. The molecule has 0 radical (unpaired) electrons. The van der Waals surface area contributed by atoms with Gasteiger partial charge in [-0.1, -0.05) is 128 Å². The van der Waals surface area contributed by atoms with Crippen LogP contribution >= 0.6 is 11.3 Å². The Hall–Kier alpha value is -4.62. The molecule has 0 atom stereocenters. The number of benzene rings is 4. The quantitative estimate of drug-likeness (QED) is 0.164. The predicted molar refractivity (Wildman–Crippen MR) is 174 cm³/mol. The standard InChI is InChI=1S/C37H33FN4OS/c38-32-22-13-23-33-34(32)44-36(40-33)42(35(43)27-14-5-1-6-15-27)25-31-24-41(26-39-31)37(28-16-7-2-8-17-28,29-18-9-3-10-19-29)30-20-11-4-12-21-30/h2-4,7-13,16-24,26-27H,1,5-6,14-15,25H2. The summed E-state index contributed by atoms with van der Waals surface area (Å²) in [5.41, 5.74) is 3.88. The van der Waals surface area contributed by atoms with E-state index in [2.05, 4.69) is 77.4 Å². The first-order valence-corrected chi connectivity index (χ1v) is 16.0. The molecule has 7 rings (SSSR count). The summed E-state index contributed by atoms with van der Waals surface area (Å²) in [6.45, 7) is 0.248. The molecule has 0 spiro atoms. The van der Waals surface area contributed by atoms with E-state index in [1.165, 1.54) is 17.4 Å². The number of imidazole rings is 1. The van der Waals surface area contributed by atoms with E-state index in [-0.39, 0.29) is 24.2 Å². The van der Waals surface area contributed by atoms with Crippen molar-refractivity contribution in [1.29, 1.82) is 0 Å². The van der Waals surface area contributed by atoms with E-state index >= 15 is 0 Å². The molecular formula is C37H33FN4OS. The zero-order valence-corrected chi connectivity index (χ0v) is 25.2. The van der Waals surface area contributed by atoms with E-state index in [1.807, 2.05) is 30.7 Å². The first-order valence-electron chi connectivity index (χ1n) is 15.2. The van der Waals surface area contributed by atoms with E-state index in [4.69, 9.17) is 9.97 Å².